The maximum atomic E-state index is 12.2. The number of likely N-dealkylation sites (tertiary alicyclic amines) is 1. The van der Waals surface area contributed by atoms with E-state index in [0.717, 1.165) is 32.2 Å². The van der Waals surface area contributed by atoms with Crippen molar-refractivity contribution in [2.45, 2.75) is 38.6 Å². The standard InChI is InChI=1S/C19H25NO5/c1-3-15-6-4-5-11-20(15)18(22)13-25-19(23)10-8-14-7-9-16(21)17(12-14)24-2/h7-10,12,15,21H,3-6,11,13H2,1-2H3/b10-8+/t15-/m0/s1. The van der Waals surface area contributed by atoms with Crippen LogP contribution < -0.4 is 4.74 Å². The molecule has 0 bridgehead atoms. The number of methoxy groups -OCH3 is 1. The molecule has 1 atom stereocenters. The Morgan fingerprint density at radius 3 is 2.88 bits per heavy atom. The van der Waals surface area contributed by atoms with Crippen molar-refractivity contribution in [1.82, 2.24) is 4.90 Å². The smallest absolute Gasteiger partial charge is 0.331 e. The van der Waals surface area contributed by atoms with Crippen LogP contribution in [0.15, 0.2) is 24.3 Å². The second-order valence-corrected chi connectivity index (χ2v) is 6.02. The van der Waals surface area contributed by atoms with E-state index in [1.54, 1.807) is 18.2 Å². The lowest BCUT2D eigenvalue weighted by Gasteiger charge is -2.35. The van der Waals surface area contributed by atoms with Gasteiger partial charge < -0.3 is 19.5 Å². The Labute approximate surface area is 148 Å². The highest BCUT2D eigenvalue weighted by Gasteiger charge is 2.25. The van der Waals surface area contributed by atoms with Crippen molar-refractivity contribution in [1.29, 1.82) is 0 Å². The van der Waals surface area contributed by atoms with E-state index in [-0.39, 0.29) is 24.3 Å². The largest absolute Gasteiger partial charge is 0.504 e. The molecule has 0 saturated carbocycles. The lowest BCUT2D eigenvalue weighted by atomic mass is 10.00. The molecule has 0 unspecified atom stereocenters. The molecular formula is C19H25NO5. The fraction of sp³-hybridized carbons (Fsp3) is 0.474. The summed E-state index contributed by atoms with van der Waals surface area (Å²) in [5, 5.41) is 9.54. The first kappa shape index (κ1) is 18.8. The summed E-state index contributed by atoms with van der Waals surface area (Å²) in [6.07, 6.45) is 6.87. The number of benzene rings is 1. The fourth-order valence-corrected chi connectivity index (χ4v) is 2.98. The van der Waals surface area contributed by atoms with Gasteiger partial charge in [-0.05, 0) is 49.5 Å². The van der Waals surface area contributed by atoms with Crippen LogP contribution in [-0.2, 0) is 14.3 Å². The molecule has 1 N–H and O–H groups in total. The van der Waals surface area contributed by atoms with Gasteiger partial charge in [0.1, 0.15) is 0 Å². The Kier molecular flexibility index (Phi) is 6.86. The summed E-state index contributed by atoms with van der Waals surface area (Å²) in [5.41, 5.74) is 0.681. The minimum Gasteiger partial charge on any atom is -0.504 e. The third kappa shape index (κ3) is 5.24. The highest BCUT2D eigenvalue weighted by atomic mass is 16.5. The quantitative estimate of drug-likeness (QED) is 0.632. The van der Waals surface area contributed by atoms with Gasteiger partial charge in [0.05, 0.1) is 7.11 Å². The predicted molar refractivity (Wildman–Crippen MR) is 94.3 cm³/mol. The summed E-state index contributed by atoms with van der Waals surface area (Å²) in [6.45, 7) is 2.56. The molecule has 1 amide bonds. The number of phenols is 1. The van der Waals surface area contributed by atoms with E-state index in [9.17, 15) is 14.7 Å². The Bertz CT molecular complexity index is 641. The fourth-order valence-electron chi connectivity index (χ4n) is 2.98. The van der Waals surface area contributed by atoms with E-state index >= 15 is 0 Å². The third-order valence-corrected chi connectivity index (χ3v) is 4.37. The van der Waals surface area contributed by atoms with E-state index in [4.69, 9.17) is 9.47 Å². The molecule has 136 valence electrons. The van der Waals surface area contributed by atoms with Gasteiger partial charge in [-0.3, -0.25) is 4.79 Å². The number of amides is 1. The minimum absolute atomic E-state index is 0.0276. The molecule has 6 nitrogen and oxygen atoms in total. The molecular weight excluding hydrogens is 322 g/mol. The zero-order valence-corrected chi connectivity index (χ0v) is 14.7. The van der Waals surface area contributed by atoms with Crippen LogP contribution in [0.4, 0.5) is 0 Å². The summed E-state index contributed by atoms with van der Waals surface area (Å²) >= 11 is 0. The molecule has 0 spiro atoms. The Balaban J connectivity index is 1.86. The molecule has 0 aromatic heterocycles. The van der Waals surface area contributed by atoms with Crippen LogP contribution in [0.1, 0.15) is 38.2 Å². The van der Waals surface area contributed by atoms with Gasteiger partial charge >= 0.3 is 5.97 Å². The summed E-state index contributed by atoms with van der Waals surface area (Å²) in [4.78, 5) is 25.9. The van der Waals surface area contributed by atoms with Gasteiger partial charge in [-0.25, -0.2) is 4.79 Å². The number of rotatable bonds is 6. The molecule has 0 aliphatic carbocycles. The van der Waals surface area contributed by atoms with Crippen LogP contribution in [0.5, 0.6) is 11.5 Å². The van der Waals surface area contributed by atoms with Gasteiger partial charge in [-0.2, -0.15) is 0 Å². The number of hydrogen-bond donors (Lipinski definition) is 1. The maximum Gasteiger partial charge on any atom is 0.331 e. The van der Waals surface area contributed by atoms with Crippen LogP contribution in [0.2, 0.25) is 0 Å². The van der Waals surface area contributed by atoms with E-state index < -0.39 is 5.97 Å². The molecule has 1 aromatic rings. The van der Waals surface area contributed by atoms with Gasteiger partial charge in [0.2, 0.25) is 0 Å². The molecule has 1 aromatic carbocycles. The number of carbonyl (C=O) groups excluding carboxylic acids is 2. The van der Waals surface area contributed by atoms with Gasteiger partial charge in [0.25, 0.3) is 5.91 Å². The Morgan fingerprint density at radius 1 is 1.36 bits per heavy atom. The zero-order valence-electron chi connectivity index (χ0n) is 14.7. The first-order valence-electron chi connectivity index (χ1n) is 8.56. The average Bonchev–Trinajstić information content (AvgIpc) is 2.65. The van der Waals surface area contributed by atoms with Gasteiger partial charge in [-0.1, -0.05) is 13.0 Å². The zero-order chi connectivity index (χ0) is 18.2. The van der Waals surface area contributed by atoms with E-state index in [1.165, 1.54) is 19.3 Å². The predicted octanol–water partition coefficient (Wildman–Crippen LogP) is 2.75. The average molecular weight is 347 g/mol. The molecule has 6 heteroatoms. The van der Waals surface area contributed by atoms with Crippen molar-refractivity contribution in [2.75, 3.05) is 20.3 Å². The van der Waals surface area contributed by atoms with Crippen molar-refractivity contribution in [3.63, 3.8) is 0 Å². The second-order valence-electron chi connectivity index (χ2n) is 6.02. The van der Waals surface area contributed by atoms with Gasteiger partial charge in [0, 0.05) is 18.7 Å². The number of piperidine rings is 1. The van der Waals surface area contributed by atoms with Crippen LogP contribution in [-0.4, -0.2) is 48.2 Å². The van der Waals surface area contributed by atoms with Crippen LogP contribution in [0.25, 0.3) is 6.08 Å². The number of aromatic hydroxyl groups is 1. The van der Waals surface area contributed by atoms with Crippen molar-refractivity contribution >= 4 is 18.0 Å². The lowest BCUT2D eigenvalue weighted by molar-refractivity contribution is -0.150. The topological polar surface area (TPSA) is 76.1 Å². The second kappa shape index (κ2) is 9.11. The third-order valence-electron chi connectivity index (χ3n) is 4.37. The molecule has 1 aliphatic rings. The minimum atomic E-state index is -0.578. The van der Waals surface area contributed by atoms with Crippen molar-refractivity contribution in [3.05, 3.63) is 29.8 Å². The number of phenolic OH excluding ortho intramolecular Hbond substituents is 1. The van der Waals surface area contributed by atoms with Crippen molar-refractivity contribution in [2.24, 2.45) is 0 Å². The Hall–Kier alpha value is -2.50. The molecule has 1 saturated heterocycles. The molecule has 1 fully saturated rings. The number of ether oxygens (including phenoxy) is 2. The number of esters is 1. The molecule has 0 radical (unpaired) electrons. The normalized spacial score (nSPS) is 17.5. The summed E-state index contributed by atoms with van der Waals surface area (Å²) in [7, 11) is 1.45. The molecule has 2 rings (SSSR count). The number of carbonyl (C=O) groups is 2. The van der Waals surface area contributed by atoms with Crippen LogP contribution in [0, 0.1) is 0 Å². The maximum absolute atomic E-state index is 12.2. The highest BCUT2D eigenvalue weighted by molar-refractivity contribution is 5.89. The first-order valence-corrected chi connectivity index (χ1v) is 8.56. The van der Waals surface area contributed by atoms with E-state index in [0.29, 0.717) is 11.3 Å². The molecule has 25 heavy (non-hydrogen) atoms. The van der Waals surface area contributed by atoms with Crippen LogP contribution >= 0.6 is 0 Å². The highest BCUT2D eigenvalue weighted by Crippen LogP contribution is 2.26. The molecule has 1 heterocycles. The summed E-state index contributed by atoms with van der Waals surface area (Å²) < 4.78 is 10.1. The Morgan fingerprint density at radius 2 is 2.16 bits per heavy atom. The lowest BCUT2D eigenvalue weighted by Crippen LogP contribution is -2.45. The SMILES string of the molecule is CC[C@H]1CCCCN1C(=O)COC(=O)/C=C/c1ccc(O)c(OC)c1. The molecule has 1 aliphatic heterocycles. The van der Waals surface area contributed by atoms with Crippen molar-refractivity contribution in [3.8, 4) is 11.5 Å². The number of hydrogen-bond acceptors (Lipinski definition) is 5. The summed E-state index contributed by atoms with van der Waals surface area (Å²) in [6, 6.07) is 4.98. The van der Waals surface area contributed by atoms with Crippen molar-refractivity contribution < 1.29 is 24.2 Å². The van der Waals surface area contributed by atoms with E-state index in [2.05, 4.69) is 6.92 Å². The monoisotopic (exact) mass is 347 g/mol. The first-order chi connectivity index (χ1) is 12.0. The van der Waals surface area contributed by atoms with Gasteiger partial charge in [-0.15, -0.1) is 0 Å². The van der Waals surface area contributed by atoms with E-state index in [1.807, 2.05) is 4.90 Å². The summed E-state index contributed by atoms with van der Waals surface area (Å²) in [5.74, 6) is -0.369. The van der Waals surface area contributed by atoms with Crippen LogP contribution in [0.3, 0.4) is 0 Å². The number of nitrogens with zero attached hydrogens (tertiary/aromatic N) is 1. The van der Waals surface area contributed by atoms with Gasteiger partial charge in [0.15, 0.2) is 18.1 Å².